The fraction of sp³-hybridized carbons (Fsp3) is 0.455. The summed E-state index contributed by atoms with van der Waals surface area (Å²) in [5.41, 5.74) is 1.41. The number of thioether (sulfide) groups is 2. The Bertz CT molecular complexity index is 742. The van der Waals surface area contributed by atoms with Gasteiger partial charge in [0.1, 0.15) is 18.5 Å². The van der Waals surface area contributed by atoms with Crippen LogP contribution in [-0.4, -0.2) is 53.8 Å². The average molecular weight is 453 g/mol. The van der Waals surface area contributed by atoms with Crippen molar-refractivity contribution in [2.24, 2.45) is 0 Å². The molecule has 29 heavy (non-hydrogen) atoms. The van der Waals surface area contributed by atoms with Gasteiger partial charge in [-0.05, 0) is 49.2 Å². The molecule has 158 valence electrons. The number of aliphatic hydroxyl groups is 1. The Morgan fingerprint density at radius 2 is 2.14 bits per heavy atom. The minimum absolute atomic E-state index is 0.240. The third kappa shape index (κ3) is 8.40. The van der Waals surface area contributed by atoms with Crippen molar-refractivity contribution < 1.29 is 9.84 Å². The molecule has 0 bridgehead atoms. The van der Waals surface area contributed by atoms with Crippen LogP contribution in [0.15, 0.2) is 53.4 Å². The molecule has 7 heteroatoms. The number of hydrogen-bond donors (Lipinski definition) is 3. The SMILES string of the molecule is CC(CSc1ccc(CC2CNCS2)cc1)NCC(O)COc1cccc(Cl)c1. The van der Waals surface area contributed by atoms with Crippen molar-refractivity contribution in [1.82, 2.24) is 10.6 Å². The van der Waals surface area contributed by atoms with Gasteiger partial charge in [0.05, 0.1) is 0 Å². The second kappa shape index (κ2) is 12.1. The molecule has 1 aliphatic heterocycles. The van der Waals surface area contributed by atoms with E-state index in [1.807, 2.05) is 35.7 Å². The monoisotopic (exact) mass is 452 g/mol. The van der Waals surface area contributed by atoms with Crippen LogP contribution in [0.4, 0.5) is 0 Å². The van der Waals surface area contributed by atoms with Gasteiger partial charge in [-0.15, -0.1) is 23.5 Å². The molecule has 1 fully saturated rings. The van der Waals surface area contributed by atoms with Gasteiger partial charge >= 0.3 is 0 Å². The Hall–Kier alpha value is -0.890. The van der Waals surface area contributed by atoms with Gasteiger partial charge in [0.15, 0.2) is 0 Å². The zero-order valence-corrected chi connectivity index (χ0v) is 19.0. The standard InChI is InChI=1S/C22H29ClN2O2S2/c1-16(25-11-19(26)13-27-20-4-2-3-18(23)10-20)14-28-21-7-5-17(6-8-21)9-22-12-24-15-29-22/h2-8,10,16,19,22,24-26H,9,11-15H2,1H3. The molecule has 1 aliphatic rings. The first kappa shape index (κ1) is 22.8. The number of aliphatic hydroxyl groups excluding tert-OH is 1. The molecule has 0 spiro atoms. The number of benzene rings is 2. The van der Waals surface area contributed by atoms with Gasteiger partial charge in [-0.25, -0.2) is 0 Å². The molecule has 3 unspecified atom stereocenters. The van der Waals surface area contributed by atoms with Crippen molar-refractivity contribution in [3.8, 4) is 5.75 Å². The van der Waals surface area contributed by atoms with E-state index in [9.17, 15) is 5.11 Å². The molecule has 3 atom stereocenters. The van der Waals surface area contributed by atoms with E-state index in [1.54, 1.807) is 12.1 Å². The van der Waals surface area contributed by atoms with Crippen LogP contribution >= 0.6 is 35.1 Å². The van der Waals surface area contributed by atoms with Crippen LogP contribution in [0.2, 0.25) is 5.02 Å². The van der Waals surface area contributed by atoms with Crippen molar-refractivity contribution in [3.05, 3.63) is 59.1 Å². The maximum atomic E-state index is 10.1. The van der Waals surface area contributed by atoms with Gasteiger partial charge < -0.3 is 20.5 Å². The van der Waals surface area contributed by atoms with Crippen molar-refractivity contribution in [3.63, 3.8) is 0 Å². The fourth-order valence-corrected chi connectivity index (χ4v) is 5.08. The van der Waals surface area contributed by atoms with Gasteiger partial charge in [0.2, 0.25) is 0 Å². The summed E-state index contributed by atoms with van der Waals surface area (Å²) in [5, 5.41) is 18.2. The number of halogens is 1. The molecule has 3 N–H and O–H groups in total. The average Bonchev–Trinajstić information content (AvgIpc) is 3.23. The quantitative estimate of drug-likeness (QED) is 0.447. The van der Waals surface area contributed by atoms with E-state index >= 15 is 0 Å². The van der Waals surface area contributed by atoms with Crippen LogP contribution in [0.25, 0.3) is 0 Å². The summed E-state index contributed by atoms with van der Waals surface area (Å²) < 4.78 is 5.58. The van der Waals surface area contributed by atoms with Gasteiger partial charge in [-0.1, -0.05) is 29.8 Å². The fourth-order valence-electron chi connectivity index (χ4n) is 3.00. The second-order valence-corrected chi connectivity index (χ2v) is 10.1. The lowest BCUT2D eigenvalue weighted by molar-refractivity contribution is 0.105. The van der Waals surface area contributed by atoms with E-state index in [2.05, 4.69) is 41.8 Å². The smallest absolute Gasteiger partial charge is 0.120 e. The van der Waals surface area contributed by atoms with Crippen LogP contribution in [0.3, 0.4) is 0 Å². The Labute approximate surface area is 187 Å². The predicted molar refractivity (Wildman–Crippen MR) is 126 cm³/mol. The Balaban J connectivity index is 1.31. The molecule has 2 aromatic rings. The molecule has 0 saturated carbocycles. The van der Waals surface area contributed by atoms with Crippen molar-refractivity contribution in [2.75, 3.05) is 31.3 Å². The summed E-state index contributed by atoms with van der Waals surface area (Å²) in [5.74, 6) is 2.69. The highest BCUT2D eigenvalue weighted by Crippen LogP contribution is 2.23. The Morgan fingerprint density at radius 3 is 2.86 bits per heavy atom. The molecular weight excluding hydrogens is 424 g/mol. The summed E-state index contributed by atoms with van der Waals surface area (Å²) in [7, 11) is 0. The van der Waals surface area contributed by atoms with E-state index in [0.29, 0.717) is 28.6 Å². The molecule has 1 saturated heterocycles. The molecular formula is C22H29ClN2O2S2. The van der Waals surface area contributed by atoms with E-state index in [0.717, 1.165) is 24.6 Å². The Morgan fingerprint density at radius 1 is 1.31 bits per heavy atom. The number of nitrogens with one attached hydrogen (secondary N) is 2. The molecule has 4 nitrogen and oxygen atoms in total. The van der Waals surface area contributed by atoms with Gasteiger partial charge in [-0.3, -0.25) is 0 Å². The Kier molecular flexibility index (Phi) is 9.49. The first-order valence-corrected chi connectivity index (χ1v) is 12.3. The largest absolute Gasteiger partial charge is 0.491 e. The van der Waals surface area contributed by atoms with Crippen molar-refractivity contribution >= 4 is 35.1 Å². The maximum absolute atomic E-state index is 10.1. The molecule has 0 radical (unpaired) electrons. The highest BCUT2D eigenvalue weighted by Gasteiger charge is 2.15. The molecule has 2 aromatic carbocycles. The summed E-state index contributed by atoms with van der Waals surface area (Å²) >= 11 is 9.78. The summed E-state index contributed by atoms with van der Waals surface area (Å²) in [6.45, 7) is 3.98. The minimum atomic E-state index is -0.566. The van der Waals surface area contributed by atoms with Crippen LogP contribution in [0.5, 0.6) is 5.75 Å². The van der Waals surface area contributed by atoms with Crippen molar-refractivity contribution in [2.45, 2.75) is 35.6 Å². The molecule has 0 amide bonds. The van der Waals surface area contributed by atoms with Crippen LogP contribution in [0, 0.1) is 0 Å². The number of ether oxygens (including phenoxy) is 1. The van der Waals surface area contributed by atoms with Gasteiger partial charge in [0, 0.05) is 45.9 Å². The second-order valence-electron chi connectivity index (χ2n) is 7.28. The summed E-state index contributed by atoms with van der Waals surface area (Å²) in [6.07, 6.45) is 0.569. The third-order valence-corrected chi connectivity index (χ3v) is 7.30. The van der Waals surface area contributed by atoms with Crippen LogP contribution < -0.4 is 15.4 Å². The topological polar surface area (TPSA) is 53.5 Å². The number of hydrogen-bond acceptors (Lipinski definition) is 6. The molecule has 3 rings (SSSR count). The zero-order chi connectivity index (χ0) is 20.5. The highest BCUT2D eigenvalue weighted by atomic mass is 35.5. The van der Waals surface area contributed by atoms with E-state index in [1.165, 1.54) is 10.5 Å². The predicted octanol–water partition coefficient (Wildman–Crippen LogP) is 4.06. The highest BCUT2D eigenvalue weighted by molar-refractivity contribution is 8.00. The number of rotatable bonds is 11. The normalized spacial score (nSPS) is 18.5. The first-order valence-electron chi connectivity index (χ1n) is 9.92. The first-order chi connectivity index (χ1) is 14.1. The minimum Gasteiger partial charge on any atom is -0.491 e. The van der Waals surface area contributed by atoms with E-state index < -0.39 is 6.10 Å². The zero-order valence-electron chi connectivity index (χ0n) is 16.6. The van der Waals surface area contributed by atoms with Crippen LogP contribution in [-0.2, 0) is 6.42 Å². The summed E-state index contributed by atoms with van der Waals surface area (Å²) in [4.78, 5) is 1.28. The van der Waals surface area contributed by atoms with Crippen molar-refractivity contribution in [1.29, 1.82) is 0 Å². The van der Waals surface area contributed by atoms with Crippen LogP contribution in [0.1, 0.15) is 12.5 Å². The third-order valence-electron chi connectivity index (χ3n) is 4.62. The lowest BCUT2D eigenvalue weighted by Gasteiger charge is -2.17. The van der Waals surface area contributed by atoms with Gasteiger partial charge in [0.25, 0.3) is 0 Å². The lowest BCUT2D eigenvalue weighted by atomic mass is 10.1. The van der Waals surface area contributed by atoms with E-state index in [4.69, 9.17) is 16.3 Å². The molecule has 0 aromatic heterocycles. The molecule has 1 heterocycles. The molecule has 0 aliphatic carbocycles. The summed E-state index contributed by atoms with van der Waals surface area (Å²) in [6, 6.07) is 16.4. The van der Waals surface area contributed by atoms with E-state index in [-0.39, 0.29) is 6.61 Å². The lowest BCUT2D eigenvalue weighted by Crippen LogP contribution is -2.37. The van der Waals surface area contributed by atoms with Gasteiger partial charge in [-0.2, -0.15) is 0 Å². The maximum Gasteiger partial charge on any atom is 0.120 e.